The number of carbonyl (C=O) groups is 1. The van der Waals surface area contributed by atoms with Gasteiger partial charge in [-0.25, -0.2) is 13.2 Å². The topological polar surface area (TPSA) is 99.3 Å². The number of hydrogen-bond donors (Lipinski definition) is 1. The van der Waals surface area contributed by atoms with E-state index in [0.717, 1.165) is 43.1 Å². The fourth-order valence-corrected chi connectivity index (χ4v) is 7.33. The summed E-state index contributed by atoms with van der Waals surface area (Å²) in [6.07, 6.45) is 4.60. The molecule has 2 saturated heterocycles. The molecule has 2 aliphatic carbocycles. The van der Waals surface area contributed by atoms with E-state index < -0.39 is 9.84 Å². The van der Waals surface area contributed by atoms with Gasteiger partial charge in [-0.15, -0.1) is 10.2 Å². The van der Waals surface area contributed by atoms with Crippen LogP contribution in [0.3, 0.4) is 0 Å². The summed E-state index contributed by atoms with van der Waals surface area (Å²) in [5.74, 6) is 3.37. The van der Waals surface area contributed by atoms with Crippen molar-refractivity contribution in [3.8, 4) is 0 Å². The van der Waals surface area contributed by atoms with Gasteiger partial charge >= 0.3 is 6.03 Å². The van der Waals surface area contributed by atoms with Crippen LogP contribution in [0, 0.1) is 5.41 Å². The standard InChI is InChI=1S/C27H29N5O3S/c33-26(32-16-27(17-32)12-20(13-27)25-28-24(29-30-25)19-6-7-19)31-14-21(15-31)18-8-10-23(11-9-18)36(34,35)22-4-2-1-3-5-22/h1-5,8-11,19-21H,6-7,12-17H2,(H,28,29,30). The van der Waals surface area contributed by atoms with Gasteiger partial charge in [-0.3, -0.25) is 0 Å². The molecule has 3 aromatic rings. The maximum atomic E-state index is 12.9. The van der Waals surface area contributed by atoms with Crippen LogP contribution in [0.5, 0.6) is 0 Å². The number of sulfone groups is 1. The van der Waals surface area contributed by atoms with E-state index in [2.05, 4.69) is 15.2 Å². The Labute approximate surface area is 210 Å². The molecule has 36 heavy (non-hydrogen) atoms. The van der Waals surface area contributed by atoms with Crippen molar-refractivity contribution in [2.45, 2.75) is 53.2 Å². The molecule has 4 aliphatic rings. The molecule has 0 radical (unpaired) electrons. The molecular weight excluding hydrogens is 474 g/mol. The quantitative estimate of drug-likeness (QED) is 0.569. The Kier molecular flexibility index (Phi) is 4.83. The number of carbonyl (C=O) groups excluding carboxylic acids is 1. The third-order valence-corrected chi connectivity index (χ3v) is 10.2. The minimum Gasteiger partial charge on any atom is -0.328 e. The van der Waals surface area contributed by atoms with E-state index in [9.17, 15) is 13.2 Å². The lowest BCUT2D eigenvalue weighted by Crippen LogP contribution is -2.67. The van der Waals surface area contributed by atoms with Crippen molar-refractivity contribution in [1.82, 2.24) is 25.0 Å². The second-order valence-electron chi connectivity index (χ2n) is 11.1. The second kappa shape index (κ2) is 7.90. The normalized spacial score (nSPS) is 21.7. The molecule has 2 aromatic carbocycles. The van der Waals surface area contributed by atoms with Crippen molar-refractivity contribution < 1.29 is 13.2 Å². The van der Waals surface area contributed by atoms with Crippen LogP contribution in [0.2, 0.25) is 0 Å². The van der Waals surface area contributed by atoms with Crippen LogP contribution in [-0.2, 0) is 9.84 Å². The Bertz CT molecular complexity index is 1400. The van der Waals surface area contributed by atoms with Gasteiger partial charge < -0.3 is 14.8 Å². The van der Waals surface area contributed by atoms with Gasteiger partial charge in [0.05, 0.1) is 9.79 Å². The van der Waals surface area contributed by atoms with Gasteiger partial charge in [0.1, 0.15) is 11.6 Å². The van der Waals surface area contributed by atoms with Gasteiger partial charge in [0, 0.05) is 49.3 Å². The summed E-state index contributed by atoms with van der Waals surface area (Å²) < 4.78 is 25.6. The lowest BCUT2D eigenvalue weighted by atomic mass is 9.57. The minimum atomic E-state index is -3.51. The number of nitrogens with zero attached hydrogens (tertiary/aromatic N) is 4. The molecule has 1 spiro atoms. The number of benzene rings is 2. The molecule has 9 heteroatoms. The van der Waals surface area contributed by atoms with E-state index in [4.69, 9.17) is 0 Å². The molecule has 0 unspecified atom stereocenters. The van der Waals surface area contributed by atoms with E-state index in [0.29, 0.717) is 34.7 Å². The average molecular weight is 504 g/mol. The molecule has 2 aliphatic heterocycles. The molecule has 2 saturated carbocycles. The zero-order chi connectivity index (χ0) is 24.5. The molecule has 7 rings (SSSR count). The van der Waals surface area contributed by atoms with Gasteiger partial charge in [0.2, 0.25) is 9.84 Å². The molecule has 3 heterocycles. The van der Waals surface area contributed by atoms with Crippen LogP contribution in [0.15, 0.2) is 64.4 Å². The van der Waals surface area contributed by atoms with Crippen LogP contribution in [0.1, 0.15) is 60.6 Å². The fourth-order valence-electron chi connectivity index (χ4n) is 6.05. The molecule has 0 atom stereocenters. The summed E-state index contributed by atoms with van der Waals surface area (Å²) in [5, 5.41) is 8.69. The molecule has 0 bridgehead atoms. The first-order chi connectivity index (χ1) is 17.4. The first-order valence-electron chi connectivity index (χ1n) is 12.8. The van der Waals surface area contributed by atoms with Crippen LogP contribution < -0.4 is 0 Å². The van der Waals surface area contributed by atoms with Gasteiger partial charge in [0.15, 0.2) is 0 Å². The summed E-state index contributed by atoms with van der Waals surface area (Å²) in [7, 11) is -3.51. The highest BCUT2D eigenvalue weighted by Gasteiger charge is 2.56. The number of H-pyrrole nitrogens is 1. The van der Waals surface area contributed by atoms with Crippen molar-refractivity contribution in [2.24, 2.45) is 5.41 Å². The van der Waals surface area contributed by atoms with Crippen molar-refractivity contribution in [1.29, 1.82) is 0 Å². The molecule has 8 nitrogen and oxygen atoms in total. The third kappa shape index (κ3) is 3.63. The predicted octanol–water partition coefficient (Wildman–Crippen LogP) is 3.91. The van der Waals surface area contributed by atoms with Crippen LogP contribution in [-0.4, -0.2) is 65.6 Å². The predicted molar refractivity (Wildman–Crippen MR) is 132 cm³/mol. The van der Waals surface area contributed by atoms with Crippen LogP contribution in [0.25, 0.3) is 0 Å². The second-order valence-corrected chi connectivity index (χ2v) is 13.1. The highest BCUT2D eigenvalue weighted by atomic mass is 32.2. The van der Waals surface area contributed by atoms with Crippen LogP contribution >= 0.6 is 0 Å². The van der Waals surface area contributed by atoms with E-state index >= 15 is 0 Å². The summed E-state index contributed by atoms with van der Waals surface area (Å²) in [5.41, 5.74) is 1.34. The summed E-state index contributed by atoms with van der Waals surface area (Å²) in [6, 6.07) is 15.7. The zero-order valence-corrected chi connectivity index (χ0v) is 20.8. The fraction of sp³-hybridized carbons (Fsp3) is 0.444. The first kappa shape index (κ1) is 22.0. The Hall–Kier alpha value is -3.20. The van der Waals surface area contributed by atoms with Gasteiger partial charge in [-0.2, -0.15) is 0 Å². The van der Waals surface area contributed by atoms with E-state index in [-0.39, 0.29) is 17.4 Å². The number of amides is 2. The van der Waals surface area contributed by atoms with E-state index in [1.165, 1.54) is 12.8 Å². The van der Waals surface area contributed by atoms with E-state index in [1.54, 1.807) is 42.5 Å². The molecule has 1 aromatic heterocycles. The zero-order valence-electron chi connectivity index (χ0n) is 20.0. The maximum Gasteiger partial charge on any atom is 0.320 e. The summed E-state index contributed by atoms with van der Waals surface area (Å²) in [6.45, 7) is 3.02. The SMILES string of the molecule is O=C(N1CC(c2ccc(S(=O)(=O)c3ccccc3)cc2)C1)N1CC2(CC(c3nnc(C4CC4)[nH]3)C2)C1. The lowest BCUT2D eigenvalue weighted by Gasteiger charge is -2.59. The number of nitrogens with one attached hydrogen (secondary N) is 1. The maximum absolute atomic E-state index is 12.9. The van der Waals surface area contributed by atoms with Gasteiger partial charge in [-0.05, 0) is 55.5 Å². The molecular formula is C27H29N5O3S. The Balaban J connectivity index is 0.902. The number of hydrogen-bond acceptors (Lipinski definition) is 5. The van der Waals surface area contributed by atoms with Gasteiger partial charge in [-0.1, -0.05) is 30.3 Å². The van der Waals surface area contributed by atoms with Crippen molar-refractivity contribution >= 4 is 15.9 Å². The lowest BCUT2D eigenvalue weighted by molar-refractivity contribution is -0.0601. The first-order valence-corrected chi connectivity index (χ1v) is 14.2. The number of aromatic amines is 1. The number of rotatable bonds is 5. The Morgan fingerprint density at radius 1 is 0.806 bits per heavy atom. The smallest absolute Gasteiger partial charge is 0.320 e. The minimum absolute atomic E-state index is 0.124. The number of urea groups is 1. The highest BCUT2D eigenvalue weighted by Crippen LogP contribution is 2.56. The number of likely N-dealkylation sites (tertiary alicyclic amines) is 2. The van der Waals surface area contributed by atoms with Gasteiger partial charge in [0.25, 0.3) is 0 Å². The Morgan fingerprint density at radius 3 is 2.06 bits per heavy atom. The Morgan fingerprint density at radius 2 is 1.42 bits per heavy atom. The third-order valence-electron chi connectivity index (χ3n) is 8.42. The van der Waals surface area contributed by atoms with Crippen molar-refractivity contribution in [2.75, 3.05) is 26.2 Å². The molecule has 1 N–H and O–H groups in total. The summed E-state index contributed by atoms with van der Waals surface area (Å²) >= 11 is 0. The number of aromatic nitrogens is 3. The van der Waals surface area contributed by atoms with Crippen LogP contribution in [0.4, 0.5) is 4.79 Å². The molecule has 2 amide bonds. The summed E-state index contributed by atoms with van der Waals surface area (Å²) in [4.78, 5) is 20.8. The largest absolute Gasteiger partial charge is 0.328 e. The van der Waals surface area contributed by atoms with Crippen molar-refractivity contribution in [3.05, 3.63) is 71.8 Å². The van der Waals surface area contributed by atoms with Crippen molar-refractivity contribution in [3.63, 3.8) is 0 Å². The molecule has 4 fully saturated rings. The average Bonchev–Trinajstić information content (AvgIpc) is 3.55. The monoisotopic (exact) mass is 503 g/mol. The highest BCUT2D eigenvalue weighted by molar-refractivity contribution is 7.91. The molecule has 186 valence electrons. The van der Waals surface area contributed by atoms with E-state index in [1.807, 2.05) is 21.9 Å².